The summed E-state index contributed by atoms with van der Waals surface area (Å²) in [6, 6.07) is 14.0. The fraction of sp³-hybridized carbons (Fsp3) is 0.476. The Bertz CT molecular complexity index is 906. The van der Waals surface area contributed by atoms with E-state index in [9.17, 15) is 9.90 Å². The molecule has 0 aliphatic heterocycles. The molecule has 5 heteroatoms. The average Bonchev–Trinajstić information content (AvgIpc) is 3.02. The summed E-state index contributed by atoms with van der Waals surface area (Å²) in [5.74, 6) is 0.166. The lowest BCUT2D eigenvalue weighted by Gasteiger charge is -2.48. The first-order valence-electron chi connectivity index (χ1n) is 9.39. The van der Waals surface area contributed by atoms with Gasteiger partial charge in [0.15, 0.2) is 0 Å². The molecule has 132 valence electrons. The van der Waals surface area contributed by atoms with Crippen molar-refractivity contribution in [3.8, 4) is 11.3 Å². The molecule has 26 heavy (non-hydrogen) atoms. The third kappa shape index (κ3) is 1.69. The Morgan fingerprint density at radius 2 is 1.62 bits per heavy atom. The van der Waals surface area contributed by atoms with E-state index in [0.717, 1.165) is 49.2 Å². The number of benzene rings is 1. The minimum absolute atomic E-state index is 0.115. The second-order valence-electron chi connectivity index (χ2n) is 9.28. The van der Waals surface area contributed by atoms with Crippen molar-refractivity contribution in [2.24, 2.45) is 16.2 Å². The number of nitrogens with one attached hydrogen (secondary N) is 1. The van der Waals surface area contributed by atoms with Crippen LogP contribution in [0.2, 0.25) is 0 Å². The van der Waals surface area contributed by atoms with Crippen molar-refractivity contribution < 1.29 is 9.90 Å². The quantitative estimate of drug-likeness (QED) is 0.881. The summed E-state index contributed by atoms with van der Waals surface area (Å²) >= 11 is 0. The van der Waals surface area contributed by atoms with Crippen LogP contribution in [0.15, 0.2) is 42.5 Å². The van der Waals surface area contributed by atoms with Crippen LogP contribution < -0.4 is 5.32 Å². The number of carboxylic acid groups (broad SMARTS) is 1. The molecule has 5 aliphatic carbocycles. The van der Waals surface area contributed by atoms with E-state index in [-0.39, 0.29) is 16.4 Å². The minimum Gasteiger partial charge on any atom is -0.481 e. The van der Waals surface area contributed by atoms with Gasteiger partial charge in [0.25, 0.3) is 0 Å². The van der Waals surface area contributed by atoms with E-state index in [2.05, 4.69) is 15.5 Å². The van der Waals surface area contributed by atoms with Crippen LogP contribution in [0.3, 0.4) is 0 Å². The maximum absolute atomic E-state index is 12.0. The third-order valence-corrected chi connectivity index (χ3v) is 7.64. The van der Waals surface area contributed by atoms with Crippen LogP contribution in [0.25, 0.3) is 11.3 Å². The molecule has 2 unspecified atom stereocenters. The van der Waals surface area contributed by atoms with E-state index in [0.29, 0.717) is 0 Å². The Balaban J connectivity index is 1.29. The maximum atomic E-state index is 12.0. The van der Waals surface area contributed by atoms with Gasteiger partial charge in [-0.3, -0.25) is 4.79 Å². The number of aromatic nitrogens is 2. The molecule has 5 nitrogen and oxygen atoms in total. The lowest BCUT2D eigenvalue weighted by atomic mass is 9.60. The predicted molar refractivity (Wildman–Crippen MR) is 96.5 cm³/mol. The summed E-state index contributed by atoms with van der Waals surface area (Å²) < 4.78 is 0. The molecule has 4 bridgehead atoms. The highest BCUT2D eigenvalue weighted by Crippen LogP contribution is 2.91. The summed E-state index contributed by atoms with van der Waals surface area (Å²) in [4.78, 5) is 12.0. The first-order valence-corrected chi connectivity index (χ1v) is 9.39. The van der Waals surface area contributed by atoms with Gasteiger partial charge < -0.3 is 10.4 Å². The smallest absolute Gasteiger partial charge is 0.309 e. The van der Waals surface area contributed by atoms with Crippen LogP contribution in [0.5, 0.6) is 0 Å². The largest absolute Gasteiger partial charge is 0.481 e. The van der Waals surface area contributed by atoms with Gasteiger partial charge in [0.1, 0.15) is 5.82 Å². The van der Waals surface area contributed by atoms with Crippen molar-refractivity contribution in [2.75, 3.05) is 5.32 Å². The van der Waals surface area contributed by atoms with Crippen LogP contribution in [-0.4, -0.2) is 26.8 Å². The first-order chi connectivity index (χ1) is 12.5. The molecule has 2 spiro atoms. The van der Waals surface area contributed by atoms with E-state index in [1.807, 2.05) is 42.5 Å². The number of nitrogens with zero attached hydrogens (tertiary/aromatic N) is 2. The number of aliphatic carboxylic acids is 1. The number of anilines is 1. The number of rotatable bonds is 4. The zero-order chi connectivity index (χ0) is 17.6. The zero-order valence-corrected chi connectivity index (χ0v) is 14.5. The highest BCUT2D eigenvalue weighted by molar-refractivity contribution is 5.78. The summed E-state index contributed by atoms with van der Waals surface area (Å²) in [5, 5.41) is 22.3. The topological polar surface area (TPSA) is 75.1 Å². The number of hydrogen-bond donors (Lipinski definition) is 2. The minimum atomic E-state index is -0.598. The van der Waals surface area contributed by atoms with Crippen molar-refractivity contribution in [1.82, 2.24) is 10.2 Å². The summed E-state index contributed by atoms with van der Waals surface area (Å²) in [5.41, 5.74) is 1.84. The normalized spacial score (nSPS) is 41.1. The molecule has 1 aromatic heterocycles. The van der Waals surface area contributed by atoms with Crippen LogP contribution >= 0.6 is 0 Å². The summed E-state index contributed by atoms with van der Waals surface area (Å²) in [6.07, 6.45) is 5.92. The zero-order valence-electron chi connectivity index (χ0n) is 14.5. The number of carboxylic acids is 1. The van der Waals surface area contributed by atoms with Crippen molar-refractivity contribution in [2.45, 2.75) is 44.1 Å². The monoisotopic (exact) mass is 347 g/mol. The average molecular weight is 347 g/mol. The molecule has 2 aromatic rings. The first kappa shape index (κ1) is 14.7. The Labute approximate surface area is 151 Å². The van der Waals surface area contributed by atoms with Crippen LogP contribution in [-0.2, 0) is 4.79 Å². The number of hydrogen-bond acceptors (Lipinski definition) is 4. The summed E-state index contributed by atoms with van der Waals surface area (Å²) in [6.45, 7) is 0. The second-order valence-corrected chi connectivity index (χ2v) is 9.28. The molecule has 7 rings (SSSR count). The molecule has 0 amide bonds. The van der Waals surface area contributed by atoms with Crippen LogP contribution in [0, 0.1) is 16.2 Å². The molecular weight excluding hydrogens is 326 g/mol. The summed E-state index contributed by atoms with van der Waals surface area (Å²) in [7, 11) is 0. The number of carbonyl (C=O) groups is 1. The van der Waals surface area contributed by atoms with Gasteiger partial charge in [-0.15, -0.1) is 10.2 Å². The molecule has 1 aromatic carbocycles. The van der Waals surface area contributed by atoms with Crippen molar-refractivity contribution in [3.05, 3.63) is 42.5 Å². The SMILES string of the molecule is O=C(O)C12CC3(Nc4ccc(-c5ccccc5)nn4)CC4(C1)CC4(C3)C2. The molecule has 2 N–H and O–H groups in total. The van der Waals surface area contributed by atoms with Gasteiger partial charge in [0.05, 0.1) is 11.1 Å². The highest BCUT2D eigenvalue weighted by Gasteiger charge is 2.86. The second kappa shape index (κ2) is 4.27. The third-order valence-electron chi connectivity index (χ3n) is 7.64. The Kier molecular flexibility index (Phi) is 2.42. The lowest BCUT2D eigenvalue weighted by Crippen LogP contribution is -2.52. The Hall–Kier alpha value is -2.43. The molecular formula is C21H21N3O2. The maximum Gasteiger partial charge on any atom is 0.309 e. The molecule has 5 aliphatic rings. The van der Waals surface area contributed by atoms with Gasteiger partial charge in [-0.2, -0.15) is 0 Å². The van der Waals surface area contributed by atoms with Gasteiger partial charge in [-0.1, -0.05) is 30.3 Å². The van der Waals surface area contributed by atoms with Gasteiger partial charge in [-0.05, 0) is 61.5 Å². The standard InChI is InChI=1S/C21H21N3O2/c25-17(26)18-8-19-11-20(19,9-18)13-21(10-18,12-19)22-16-7-6-15(23-24-16)14-4-2-1-3-5-14/h1-7H,8-13H2,(H,22,24)(H,25,26). The molecule has 1 heterocycles. The van der Waals surface area contributed by atoms with Crippen molar-refractivity contribution >= 4 is 11.8 Å². The fourth-order valence-corrected chi connectivity index (χ4v) is 7.14. The lowest BCUT2D eigenvalue weighted by molar-refractivity contribution is -0.154. The van der Waals surface area contributed by atoms with E-state index in [4.69, 9.17) is 0 Å². The van der Waals surface area contributed by atoms with Gasteiger partial charge in [0.2, 0.25) is 0 Å². The van der Waals surface area contributed by atoms with E-state index in [1.54, 1.807) is 0 Å². The molecule has 5 saturated carbocycles. The van der Waals surface area contributed by atoms with Crippen molar-refractivity contribution in [1.29, 1.82) is 0 Å². The van der Waals surface area contributed by atoms with Gasteiger partial charge in [-0.25, -0.2) is 0 Å². The van der Waals surface area contributed by atoms with Crippen LogP contribution in [0.1, 0.15) is 38.5 Å². The molecule has 2 atom stereocenters. The van der Waals surface area contributed by atoms with Gasteiger partial charge in [0, 0.05) is 11.1 Å². The van der Waals surface area contributed by atoms with E-state index in [1.165, 1.54) is 6.42 Å². The molecule has 5 fully saturated rings. The Morgan fingerprint density at radius 3 is 2.23 bits per heavy atom. The molecule has 0 radical (unpaired) electrons. The van der Waals surface area contributed by atoms with Crippen LogP contribution in [0.4, 0.5) is 5.82 Å². The Morgan fingerprint density at radius 1 is 0.885 bits per heavy atom. The highest BCUT2D eigenvalue weighted by atomic mass is 16.4. The van der Waals surface area contributed by atoms with E-state index < -0.39 is 11.4 Å². The predicted octanol–water partition coefficient (Wildman–Crippen LogP) is 3.73. The van der Waals surface area contributed by atoms with E-state index >= 15 is 0 Å². The van der Waals surface area contributed by atoms with Crippen molar-refractivity contribution in [3.63, 3.8) is 0 Å². The molecule has 0 saturated heterocycles. The fourth-order valence-electron chi connectivity index (χ4n) is 7.14. The van der Waals surface area contributed by atoms with Gasteiger partial charge >= 0.3 is 5.97 Å².